The summed E-state index contributed by atoms with van der Waals surface area (Å²) in [4.78, 5) is 0. The molecule has 0 fully saturated rings. The Balaban J connectivity index is 2.60. The Kier molecular flexibility index (Phi) is 3.94. The zero-order valence-corrected chi connectivity index (χ0v) is 8.48. The molecule has 0 saturated heterocycles. The first-order valence-electron chi connectivity index (χ1n) is 5.12. The van der Waals surface area contributed by atoms with Gasteiger partial charge in [-0.1, -0.05) is 26.0 Å². The summed E-state index contributed by atoms with van der Waals surface area (Å²) in [6.07, 6.45) is 5.72. The molecule has 1 aliphatic carbocycles. The molecule has 0 aliphatic heterocycles. The van der Waals surface area contributed by atoms with Crippen LogP contribution in [0.1, 0.15) is 26.7 Å². The number of aliphatic hydroxyl groups is 2. The summed E-state index contributed by atoms with van der Waals surface area (Å²) in [5.41, 5.74) is 0. The SMILES string of the molecule is C[C@H]1C=C[C@@H](O)[C@@H]([C@@H](C)CO)CC1. The topological polar surface area (TPSA) is 40.5 Å². The van der Waals surface area contributed by atoms with Crippen LogP contribution in [0.3, 0.4) is 0 Å². The van der Waals surface area contributed by atoms with Gasteiger partial charge in [-0.15, -0.1) is 0 Å². The molecule has 1 aliphatic rings. The second-order valence-electron chi connectivity index (χ2n) is 4.25. The van der Waals surface area contributed by atoms with Gasteiger partial charge in [0.05, 0.1) is 6.10 Å². The van der Waals surface area contributed by atoms with Gasteiger partial charge in [0, 0.05) is 6.61 Å². The average Bonchev–Trinajstić information content (AvgIpc) is 2.28. The fourth-order valence-corrected chi connectivity index (χ4v) is 1.93. The van der Waals surface area contributed by atoms with Crippen molar-refractivity contribution in [2.24, 2.45) is 17.8 Å². The molecular formula is C11H20O2. The minimum Gasteiger partial charge on any atom is -0.396 e. The molecule has 13 heavy (non-hydrogen) atoms. The van der Waals surface area contributed by atoms with Gasteiger partial charge in [-0.2, -0.15) is 0 Å². The van der Waals surface area contributed by atoms with Gasteiger partial charge >= 0.3 is 0 Å². The van der Waals surface area contributed by atoms with Gasteiger partial charge in [0.2, 0.25) is 0 Å². The molecule has 0 aromatic carbocycles. The minimum absolute atomic E-state index is 0.171. The Morgan fingerprint density at radius 1 is 1.38 bits per heavy atom. The maximum absolute atomic E-state index is 9.77. The van der Waals surface area contributed by atoms with Gasteiger partial charge in [0.25, 0.3) is 0 Å². The van der Waals surface area contributed by atoms with Crippen LogP contribution in [-0.2, 0) is 0 Å². The van der Waals surface area contributed by atoms with Crippen molar-refractivity contribution in [1.82, 2.24) is 0 Å². The van der Waals surface area contributed by atoms with Gasteiger partial charge in [-0.05, 0) is 30.6 Å². The molecular weight excluding hydrogens is 164 g/mol. The van der Waals surface area contributed by atoms with Crippen LogP contribution >= 0.6 is 0 Å². The third kappa shape index (κ3) is 2.82. The molecule has 0 aromatic heterocycles. The van der Waals surface area contributed by atoms with Crippen LogP contribution in [0.4, 0.5) is 0 Å². The van der Waals surface area contributed by atoms with Crippen LogP contribution in [0.5, 0.6) is 0 Å². The Hall–Kier alpha value is -0.340. The summed E-state index contributed by atoms with van der Waals surface area (Å²) >= 11 is 0. The largest absolute Gasteiger partial charge is 0.396 e. The highest BCUT2D eigenvalue weighted by atomic mass is 16.3. The number of hydrogen-bond acceptors (Lipinski definition) is 2. The molecule has 4 atom stereocenters. The quantitative estimate of drug-likeness (QED) is 0.640. The fraction of sp³-hybridized carbons (Fsp3) is 0.818. The van der Waals surface area contributed by atoms with Gasteiger partial charge in [0.1, 0.15) is 0 Å². The fourth-order valence-electron chi connectivity index (χ4n) is 1.93. The van der Waals surface area contributed by atoms with E-state index in [9.17, 15) is 5.11 Å². The lowest BCUT2D eigenvalue weighted by Crippen LogP contribution is -2.26. The predicted molar refractivity (Wildman–Crippen MR) is 53.3 cm³/mol. The lowest BCUT2D eigenvalue weighted by molar-refractivity contribution is 0.0805. The third-order valence-corrected chi connectivity index (χ3v) is 3.05. The molecule has 0 radical (unpaired) electrons. The van der Waals surface area contributed by atoms with E-state index in [0.29, 0.717) is 5.92 Å². The first-order chi connectivity index (χ1) is 6.15. The molecule has 2 N–H and O–H groups in total. The van der Waals surface area contributed by atoms with Gasteiger partial charge in [-0.25, -0.2) is 0 Å². The minimum atomic E-state index is -0.368. The monoisotopic (exact) mass is 184 g/mol. The van der Waals surface area contributed by atoms with Gasteiger partial charge < -0.3 is 10.2 Å². The van der Waals surface area contributed by atoms with Gasteiger partial charge in [0.15, 0.2) is 0 Å². The second-order valence-corrected chi connectivity index (χ2v) is 4.25. The molecule has 0 spiro atoms. The summed E-state index contributed by atoms with van der Waals surface area (Å²) in [6.45, 7) is 4.33. The molecule has 76 valence electrons. The lowest BCUT2D eigenvalue weighted by Gasteiger charge is -2.24. The van der Waals surface area contributed by atoms with Crippen molar-refractivity contribution in [1.29, 1.82) is 0 Å². The van der Waals surface area contributed by atoms with Crippen LogP contribution in [0.15, 0.2) is 12.2 Å². The Bertz CT molecular complexity index is 177. The normalized spacial score (nSPS) is 37.1. The first kappa shape index (κ1) is 10.7. The van der Waals surface area contributed by atoms with Crippen molar-refractivity contribution < 1.29 is 10.2 Å². The summed E-state index contributed by atoms with van der Waals surface area (Å²) < 4.78 is 0. The standard InChI is InChI=1S/C11H20O2/c1-8-3-5-10(9(2)7-12)11(13)6-4-8/h4,6,8-13H,3,5,7H2,1-2H3/t8-,9+,10-,11-/m1/s1. The Morgan fingerprint density at radius 3 is 2.69 bits per heavy atom. The average molecular weight is 184 g/mol. The van der Waals surface area contributed by atoms with E-state index < -0.39 is 0 Å². The molecule has 0 aromatic rings. The van der Waals surface area contributed by atoms with Crippen molar-refractivity contribution >= 4 is 0 Å². The Labute approximate surface area is 80.3 Å². The summed E-state index contributed by atoms with van der Waals surface area (Å²) in [7, 11) is 0. The predicted octanol–water partition coefficient (Wildman–Crippen LogP) is 1.58. The van der Waals surface area contributed by atoms with E-state index in [4.69, 9.17) is 5.11 Å². The van der Waals surface area contributed by atoms with Crippen LogP contribution in [-0.4, -0.2) is 22.9 Å². The zero-order chi connectivity index (χ0) is 9.84. The smallest absolute Gasteiger partial charge is 0.0752 e. The molecule has 0 bridgehead atoms. The van der Waals surface area contributed by atoms with E-state index >= 15 is 0 Å². The molecule has 0 heterocycles. The molecule has 2 heteroatoms. The number of aliphatic hydroxyl groups excluding tert-OH is 2. The summed E-state index contributed by atoms with van der Waals surface area (Å²) in [5.74, 6) is 0.988. The summed E-state index contributed by atoms with van der Waals surface area (Å²) in [5, 5.41) is 18.8. The zero-order valence-electron chi connectivity index (χ0n) is 8.48. The van der Waals surface area contributed by atoms with E-state index in [0.717, 1.165) is 12.8 Å². The molecule has 0 saturated carbocycles. The van der Waals surface area contributed by atoms with Crippen molar-refractivity contribution in [2.45, 2.75) is 32.8 Å². The van der Waals surface area contributed by atoms with Crippen LogP contribution in [0, 0.1) is 17.8 Å². The molecule has 2 nitrogen and oxygen atoms in total. The third-order valence-electron chi connectivity index (χ3n) is 3.05. The van der Waals surface area contributed by atoms with Crippen molar-refractivity contribution in [3.05, 3.63) is 12.2 Å². The van der Waals surface area contributed by atoms with Crippen molar-refractivity contribution in [3.63, 3.8) is 0 Å². The maximum atomic E-state index is 9.77. The number of allylic oxidation sites excluding steroid dienone is 1. The Morgan fingerprint density at radius 2 is 2.08 bits per heavy atom. The van der Waals surface area contributed by atoms with E-state index in [1.165, 1.54) is 0 Å². The lowest BCUT2D eigenvalue weighted by atomic mass is 9.86. The highest BCUT2D eigenvalue weighted by Gasteiger charge is 2.25. The number of rotatable bonds is 2. The molecule has 0 unspecified atom stereocenters. The molecule has 0 amide bonds. The van der Waals surface area contributed by atoms with E-state index in [2.05, 4.69) is 13.0 Å². The maximum Gasteiger partial charge on any atom is 0.0752 e. The number of hydrogen-bond donors (Lipinski definition) is 2. The second kappa shape index (κ2) is 4.77. The van der Waals surface area contributed by atoms with Crippen LogP contribution < -0.4 is 0 Å². The van der Waals surface area contributed by atoms with Crippen molar-refractivity contribution in [3.8, 4) is 0 Å². The van der Waals surface area contributed by atoms with Crippen LogP contribution in [0.2, 0.25) is 0 Å². The van der Waals surface area contributed by atoms with Crippen LogP contribution in [0.25, 0.3) is 0 Å². The van der Waals surface area contributed by atoms with E-state index in [1.807, 2.05) is 13.0 Å². The van der Waals surface area contributed by atoms with Gasteiger partial charge in [-0.3, -0.25) is 0 Å². The summed E-state index contributed by atoms with van der Waals surface area (Å²) in [6, 6.07) is 0. The highest BCUT2D eigenvalue weighted by molar-refractivity contribution is 4.98. The van der Waals surface area contributed by atoms with E-state index in [-0.39, 0.29) is 24.5 Å². The highest BCUT2D eigenvalue weighted by Crippen LogP contribution is 2.27. The molecule has 1 rings (SSSR count). The van der Waals surface area contributed by atoms with Crippen molar-refractivity contribution in [2.75, 3.05) is 6.61 Å². The first-order valence-corrected chi connectivity index (χ1v) is 5.12. The van der Waals surface area contributed by atoms with E-state index in [1.54, 1.807) is 0 Å².